The van der Waals surface area contributed by atoms with Crippen molar-refractivity contribution in [1.29, 1.82) is 0 Å². The van der Waals surface area contributed by atoms with Crippen LogP contribution in [-0.4, -0.2) is 22.3 Å². The van der Waals surface area contributed by atoms with Gasteiger partial charge in [0.25, 0.3) is 0 Å². The van der Waals surface area contributed by atoms with Gasteiger partial charge in [0, 0.05) is 29.9 Å². The molecular weight excluding hydrogens is 268 g/mol. The van der Waals surface area contributed by atoms with Gasteiger partial charge in [0.1, 0.15) is 0 Å². The Bertz CT molecular complexity index is 490. The summed E-state index contributed by atoms with van der Waals surface area (Å²) < 4.78 is 2.26. The van der Waals surface area contributed by atoms with Crippen molar-refractivity contribution in [2.24, 2.45) is 5.92 Å². The molecule has 2 heterocycles. The minimum Gasteiger partial charge on any atom is -0.392 e. The van der Waals surface area contributed by atoms with E-state index in [9.17, 15) is 5.11 Å². The van der Waals surface area contributed by atoms with E-state index in [0.717, 1.165) is 19.5 Å². The molecule has 0 aliphatic rings. The Morgan fingerprint density at radius 2 is 2.15 bits per heavy atom. The molecule has 0 saturated heterocycles. The number of nitrogens with zero attached hydrogens (tertiary/aromatic N) is 1. The molecule has 1 unspecified atom stereocenters. The topological polar surface area (TPSA) is 37.2 Å². The molecule has 0 radical (unpaired) electrons. The lowest BCUT2D eigenvalue weighted by Crippen LogP contribution is -2.28. The third-order valence-corrected chi connectivity index (χ3v) is 4.12. The highest BCUT2D eigenvalue weighted by Gasteiger charge is 2.07. The molecule has 0 saturated carbocycles. The normalized spacial score (nSPS) is 13.0. The highest BCUT2D eigenvalue weighted by molar-refractivity contribution is 7.09. The van der Waals surface area contributed by atoms with Crippen molar-refractivity contribution in [2.75, 3.05) is 6.54 Å². The summed E-state index contributed by atoms with van der Waals surface area (Å²) in [5, 5.41) is 15.3. The minimum absolute atomic E-state index is 0.254. The van der Waals surface area contributed by atoms with E-state index in [0.29, 0.717) is 12.5 Å². The maximum absolute atomic E-state index is 9.86. The summed E-state index contributed by atoms with van der Waals surface area (Å²) in [7, 11) is 0. The van der Waals surface area contributed by atoms with E-state index in [-0.39, 0.29) is 6.10 Å². The lowest BCUT2D eigenvalue weighted by Gasteiger charge is -2.14. The van der Waals surface area contributed by atoms with Crippen LogP contribution in [0, 0.1) is 5.92 Å². The fourth-order valence-corrected chi connectivity index (χ4v) is 3.03. The van der Waals surface area contributed by atoms with E-state index < -0.39 is 0 Å². The van der Waals surface area contributed by atoms with Gasteiger partial charge in [0.05, 0.1) is 12.6 Å². The van der Waals surface area contributed by atoms with Crippen LogP contribution in [0.2, 0.25) is 0 Å². The molecule has 2 aromatic heterocycles. The molecule has 2 aromatic rings. The fourth-order valence-electron chi connectivity index (χ4n) is 2.33. The van der Waals surface area contributed by atoms with Gasteiger partial charge in [-0.3, -0.25) is 0 Å². The predicted molar refractivity (Wildman–Crippen MR) is 85.0 cm³/mol. The summed E-state index contributed by atoms with van der Waals surface area (Å²) >= 11 is 1.78. The standard InChI is InChI=1S/C16H24N2OS/c1-13(2)9-15(19)11-17-10-14-5-3-7-18(14)12-16-6-4-8-20-16/h3-8,13,15,17,19H,9-12H2,1-2H3. The van der Waals surface area contributed by atoms with Crippen LogP contribution in [0.4, 0.5) is 0 Å². The summed E-state index contributed by atoms with van der Waals surface area (Å²) in [6, 6.07) is 8.46. The first kappa shape index (κ1) is 15.3. The molecule has 0 aromatic carbocycles. The van der Waals surface area contributed by atoms with Crippen LogP contribution in [0.15, 0.2) is 35.8 Å². The van der Waals surface area contributed by atoms with Crippen LogP contribution in [0.5, 0.6) is 0 Å². The second-order valence-electron chi connectivity index (χ2n) is 5.62. The first-order chi connectivity index (χ1) is 9.65. The second-order valence-corrected chi connectivity index (χ2v) is 6.65. The third kappa shape index (κ3) is 4.78. The summed E-state index contributed by atoms with van der Waals surface area (Å²) in [6.07, 6.45) is 2.71. The largest absolute Gasteiger partial charge is 0.392 e. The molecule has 0 amide bonds. The smallest absolute Gasteiger partial charge is 0.0667 e. The molecule has 110 valence electrons. The Balaban J connectivity index is 1.80. The monoisotopic (exact) mass is 292 g/mol. The minimum atomic E-state index is -0.254. The maximum Gasteiger partial charge on any atom is 0.0667 e. The lowest BCUT2D eigenvalue weighted by molar-refractivity contribution is 0.146. The molecule has 0 aliphatic carbocycles. The summed E-state index contributed by atoms with van der Waals surface area (Å²) in [5.41, 5.74) is 1.26. The van der Waals surface area contributed by atoms with Crippen LogP contribution in [-0.2, 0) is 13.1 Å². The maximum atomic E-state index is 9.86. The van der Waals surface area contributed by atoms with Gasteiger partial charge in [0.15, 0.2) is 0 Å². The quantitative estimate of drug-likeness (QED) is 0.784. The van der Waals surface area contributed by atoms with Gasteiger partial charge in [-0.25, -0.2) is 0 Å². The Labute approximate surface area is 125 Å². The van der Waals surface area contributed by atoms with Gasteiger partial charge >= 0.3 is 0 Å². The fraction of sp³-hybridized carbons (Fsp3) is 0.500. The summed E-state index contributed by atoms with van der Waals surface area (Å²) in [5.74, 6) is 0.537. The SMILES string of the molecule is CC(C)CC(O)CNCc1cccn1Cc1cccs1. The molecule has 0 aliphatic heterocycles. The van der Waals surface area contributed by atoms with Crippen molar-refractivity contribution in [3.05, 3.63) is 46.4 Å². The first-order valence-corrected chi connectivity index (χ1v) is 8.08. The number of aliphatic hydroxyl groups excluding tert-OH is 1. The van der Waals surface area contributed by atoms with Crippen molar-refractivity contribution >= 4 is 11.3 Å². The van der Waals surface area contributed by atoms with E-state index >= 15 is 0 Å². The van der Waals surface area contributed by atoms with E-state index in [2.05, 4.69) is 59.6 Å². The van der Waals surface area contributed by atoms with Crippen LogP contribution in [0.25, 0.3) is 0 Å². The van der Waals surface area contributed by atoms with Crippen molar-refractivity contribution in [3.63, 3.8) is 0 Å². The lowest BCUT2D eigenvalue weighted by atomic mass is 10.1. The molecule has 4 heteroatoms. The number of nitrogens with one attached hydrogen (secondary N) is 1. The van der Waals surface area contributed by atoms with Crippen molar-refractivity contribution in [1.82, 2.24) is 9.88 Å². The highest BCUT2D eigenvalue weighted by Crippen LogP contribution is 2.13. The predicted octanol–water partition coefficient (Wildman–Crippen LogP) is 3.09. The molecule has 20 heavy (non-hydrogen) atoms. The third-order valence-electron chi connectivity index (χ3n) is 3.26. The van der Waals surface area contributed by atoms with E-state index in [1.54, 1.807) is 11.3 Å². The van der Waals surface area contributed by atoms with Crippen molar-refractivity contribution < 1.29 is 5.11 Å². The second kappa shape index (κ2) is 7.62. The average Bonchev–Trinajstić information content (AvgIpc) is 3.01. The van der Waals surface area contributed by atoms with Crippen LogP contribution < -0.4 is 5.32 Å². The van der Waals surface area contributed by atoms with Gasteiger partial charge in [-0.2, -0.15) is 0 Å². The number of rotatable bonds is 8. The van der Waals surface area contributed by atoms with E-state index in [1.807, 2.05) is 0 Å². The first-order valence-electron chi connectivity index (χ1n) is 7.20. The van der Waals surface area contributed by atoms with Gasteiger partial charge in [-0.05, 0) is 35.9 Å². The molecule has 2 N–H and O–H groups in total. The molecule has 0 bridgehead atoms. The Morgan fingerprint density at radius 1 is 1.30 bits per heavy atom. The number of aromatic nitrogens is 1. The summed E-state index contributed by atoms with van der Waals surface area (Å²) in [4.78, 5) is 1.36. The molecule has 1 atom stereocenters. The summed E-state index contributed by atoms with van der Waals surface area (Å²) in [6.45, 7) is 6.65. The zero-order valence-electron chi connectivity index (χ0n) is 12.2. The Hall–Kier alpha value is -1.10. The number of thiophene rings is 1. The molecular formula is C16H24N2OS. The van der Waals surface area contributed by atoms with Gasteiger partial charge in [-0.15, -0.1) is 11.3 Å². The zero-order valence-corrected chi connectivity index (χ0v) is 13.1. The molecule has 3 nitrogen and oxygen atoms in total. The highest BCUT2D eigenvalue weighted by atomic mass is 32.1. The Kier molecular flexibility index (Phi) is 5.83. The van der Waals surface area contributed by atoms with Crippen molar-refractivity contribution in [3.8, 4) is 0 Å². The van der Waals surface area contributed by atoms with Crippen LogP contribution in [0.1, 0.15) is 30.8 Å². The molecule has 2 rings (SSSR count). The van der Waals surface area contributed by atoms with Gasteiger partial charge in [-0.1, -0.05) is 19.9 Å². The molecule has 0 fully saturated rings. The van der Waals surface area contributed by atoms with Crippen molar-refractivity contribution in [2.45, 2.75) is 39.5 Å². The number of hydrogen-bond acceptors (Lipinski definition) is 3. The van der Waals surface area contributed by atoms with Crippen LogP contribution in [0.3, 0.4) is 0 Å². The van der Waals surface area contributed by atoms with E-state index in [4.69, 9.17) is 0 Å². The van der Waals surface area contributed by atoms with E-state index in [1.165, 1.54) is 10.6 Å². The van der Waals surface area contributed by atoms with Crippen LogP contribution >= 0.6 is 11.3 Å². The number of hydrogen-bond donors (Lipinski definition) is 2. The molecule has 0 spiro atoms. The Morgan fingerprint density at radius 3 is 2.85 bits per heavy atom. The average molecular weight is 292 g/mol. The van der Waals surface area contributed by atoms with Gasteiger partial charge < -0.3 is 15.0 Å². The van der Waals surface area contributed by atoms with Gasteiger partial charge in [0.2, 0.25) is 0 Å². The number of aliphatic hydroxyl groups is 1. The zero-order chi connectivity index (χ0) is 14.4.